The van der Waals surface area contributed by atoms with Crippen LogP contribution in [0.15, 0.2) is 54.6 Å². The second-order valence-electron chi connectivity index (χ2n) is 17.9. The van der Waals surface area contributed by atoms with Crippen LogP contribution < -0.4 is 5.32 Å². The number of carbonyl (C=O) groups excluding carboxylic acids is 5. The molecule has 1 unspecified atom stereocenters. The Morgan fingerprint density at radius 3 is 2.16 bits per heavy atom. The van der Waals surface area contributed by atoms with Crippen LogP contribution in [0.3, 0.4) is 0 Å². The van der Waals surface area contributed by atoms with Crippen molar-refractivity contribution >= 4 is 58.7 Å². The van der Waals surface area contributed by atoms with E-state index in [-0.39, 0.29) is 46.7 Å². The summed E-state index contributed by atoms with van der Waals surface area (Å²) in [4.78, 5) is 70.6. The molecule has 17 heteroatoms. The molecule has 6 atom stereocenters. The molecule has 1 N–H and O–H groups in total. The van der Waals surface area contributed by atoms with Crippen LogP contribution in [0.2, 0.25) is 0 Å². The number of thiophene rings is 1. The summed E-state index contributed by atoms with van der Waals surface area (Å²) >= 11 is 1.12. The molecule has 3 aliphatic rings. The van der Waals surface area contributed by atoms with Crippen LogP contribution in [0.25, 0.3) is 10.1 Å². The lowest BCUT2D eigenvalue weighted by atomic mass is 9.90. The summed E-state index contributed by atoms with van der Waals surface area (Å²) in [7, 11) is -4.81. The van der Waals surface area contributed by atoms with Crippen LogP contribution in [0.4, 0.5) is 4.39 Å². The van der Waals surface area contributed by atoms with Gasteiger partial charge in [-0.05, 0) is 102 Å². The largest absolute Gasteiger partial charge is 0.438 e. The first-order valence-corrected chi connectivity index (χ1v) is 23.0. The molecular formula is C44H54FN4O10PS. The monoisotopic (exact) mass is 880 g/mol. The molecule has 0 bridgehead atoms. The van der Waals surface area contributed by atoms with Gasteiger partial charge in [-0.2, -0.15) is 5.26 Å². The van der Waals surface area contributed by atoms with Crippen LogP contribution in [0, 0.1) is 28.1 Å². The van der Waals surface area contributed by atoms with Crippen molar-refractivity contribution in [3.8, 4) is 6.07 Å². The zero-order valence-electron chi connectivity index (χ0n) is 35.4. The summed E-state index contributed by atoms with van der Waals surface area (Å²) in [6.45, 7) is 8.47. The Morgan fingerprint density at radius 2 is 1.54 bits per heavy atom. The third-order valence-corrected chi connectivity index (χ3v) is 14.2. The van der Waals surface area contributed by atoms with E-state index >= 15 is 4.39 Å². The first-order valence-electron chi connectivity index (χ1n) is 20.6. The Hall–Kier alpha value is -4.68. The van der Waals surface area contributed by atoms with E-state index in [1.165, 1.54) is 18.2 Å². The van der Waals surface area contributed by atoms with E-state index in [1.807, 2.05) is 30.3 Å². The summed E-state index contributed by atoms with van der Waals surface area (Å²) < 4.78 is 51.4. The fourth-order valence-corrected chi connectivity index (χ4v) is 10.1. The fourth-order valence-electron chi connectivity index (χ4n) is 7.91. The number of halogens is 1. The molecule has 0 saturated carbocycles. The van der Waals surface area contributed by atoms with E-state index in [1.54, 1.807) is 57.4 Å². The summed E-state index contributed by atoms with van der Waals surface area (Å²) in [5, 5.41) is 13.3. The van der Waals surface area contributed by atoms with Gasteiger partial charge in [0.2, 0.25) is 31.3 Å². The van der Waals surface area contributed by atoms with Crippen LogP contribution >= 0.6 is 18.9 Å². The molecule has 6 rings (SSSR count). The van der Waals surface area contributed by atoms with Gasteiger partial charge in [0.25, 0.3) is 5.91 Å². The quantitative estimate of drug-likeness (QED) is 0.106. The van der Waals surface area contributed by atoms with Crippen LogP contribution in [-0.2, 0) is 42.3 Å². The summed E-state index contributed by atoms with van der Waals surface area (Å²) in [5.74, 6) is -5.30. The summed E-state index contributed by atoms with van der Waals surface area (Å²) in [6.07, 6.45) is 3.84. The Balaban J connectivity index is 1.16. The van der Waals surface area contributed by atoms with E-state index in [0.717, 1.165) is 29.7 Å². The van der Waals surface area contributed by atoms with Crippen molar-refractivity contribution in [2.45, 2.75) is 110 Å². The average molecular weight is 881 g/mol. The average Bonchev–Trinajstić information content (AvgIpc) is 3.97. The lowest BCUT2D eigenvalue weighted by Gasteiger charge is -2.36. The molecule has 1 aromatic heterocycles. The van der Waals surface area contributed by atoms with Crippen molar-refractivity contribution in [3.63, 3.8) is 0 Å². The number of amides is 3. The lowest BCUT2D eigenvalue weighted by Crippen LogP contribution is -2.56. The highest BCUT2D eigenvalue weighted by Gasteiger charge is 2.47. The fraction of sp³-hybridized carbons (Fsp3) is 0.545. The van der Waals surface area contributed by atoms with Gasteiger partial charge in [-0.15, -0.1) is 11.3 Å². The molecule has 14 nitrogen and oxygen atoms in total. The molecule has 3 fully saturated rings. The second-order valence-corrected chi connectivity index (χ2v) is 21.1. The smallest absolute Gasteiger partial charge is 0.374 e. The maximum Gasteiger partial charge on any atom is 0.374 e. The number of nitrogens with zero attached hydrogens (tertiary/aromatic N) is 3. The van der Waals surface area contributed by atoms with Gasteiger partial charge in [-0.1, -0.05) is 49.2 Å². The van der Waals surface area contributed by atoms with Crippen LogP contribution in [0.1, 0.15) is 113 Å². The number of hydrogen-bond donors (Lipinski definition) is 1. The molecule has 2 aromatic carbocycles. The van der Waals surface area contributed by atoms with Gasteiger partial charge < -0.3 is 24.6 Å². The van der Waals surface area contributed by atoms with Crippen molar-refractivity contribution in [2.24, 2.45) is 16.7 Å². The maximum atomic E-state index is 16.3. The van der Waals surface area contributed by atoms with Gasteiger partial charge in [0, 0.05) is 29.7 Å². The van der Waals surface area contributed by atoms with Crippen molar-refractivity contribution in [1.29, 1.82) is 5.26 Å². The molecule has 0 aliphatic carbocycles. The highest BCUT2D eigenvalue weighted by atomic mass is 32.1. The number of nitriles is 1. The molecule has 61 heavy (non-hydrogen) atoms. The number of hydrogen-bond acceptors (Lipinski definition) is 12. The normalized spacial score (nSPS) is 22.8. The number of nitrogens with one attached hydrogen (secondary N) is 1. The molecule has 328 valence electrons. The highest BCUT2D eigenvalue weighted by molar-refractivity contribution is 7.54. The second kappa shape index (κ2) is 18.7. The number of alkyl halides is 1. The lowest BCUT2D eigenvalue weighted by molar-refractivity contribution is -0.162. The van der Waals surface area contributed by atoms with Crippen LogP contribution in [0.5, 0.6) is 0 Å². The number of carbonyl (C=O) groups is 5. The Morgan fingerprint density at radius 1 is 0.902 bits per heavy atom. The standard InChI is InChI=1S/C44H54FN4O10PS/c1-43(2,3)41(53)56-25-58-60(55,59-26-57-42(54)44(4,5)6)37(45)28-16-19-35-29(20-28)21-36(61-35)38(50)47-33-15-11-10-14-31-17-18-34(49(31)39(33)51)40(52)48-23-30(22-46)32(24-48)27-12-8-7-9-13-27/h7-9,12-13,16,19-21,30-34,37H,10-11,14-15,17-18,23-26H2,1-6H3,(H,47,50)/t30-,31?,32+,33-,34-,37+/m0/s1. The maximum absolute atomic E-state index is 16.3. The topological polar surface area (TPSA) is 182 Å². The Labute approximate surface area is 359 Å². The SMILES string of the molecule is CC(C)(C)C(=O)OCOP(=O)(OCOC(=O)C(C)(C)C)[C@@H](F)c1ccc2sc(C(=O)N[C@H]3CCCCC4CC[C@@H](C(=O)N5C[C@H](c6ccccc6)[C@@H](C#N)C5)N4C3=O)cc2c1. The van der Waals surface area contributed by atoms with Gasteiger partial charge >= 0.3 is 19.5 Å². The van der Waals surface area contributed by atoms with Crippen molar-refractivity contribution in [2.75, 3.05) is 26.7 Å². The van der Waals surface area contributed by atoms with E-state index in [4.69, 9.17) is 18.5 Å². The van der Waals surface area contributed by atoms with E-state index < -0.39 is 67.9 Å². The van der Waals surface area contributed by atoms with Gasteiger partial charge in [0.15, 0.2) is 0 Å². The van der Waals surface area contributed by atoms with Gasteiger partial charge in [0.1, 0.15) is 12.1 Å². The van der Waals surface area contributed by atoms with Gasteiger partial charge in [-0.25, -0.2) is 4.39 Å². The van der Waals surface area contributed by atoms with Gasteiger partial charge in [-0.3, -0.25) is 37.6 Å². The molecule has 3 saturated heterocycles. The Kier molecular flexibility index (Phi) is 14.1. The summed E-state index contributed by atoms with van der Waals surface area (Å²) in [6, 6.07) is 16.2. The predicted octanol–water partition coefficient (Wildman–Crippen LogP) is 7.99. The van der Waals surface area contributed by atoms with Crippen molar-refractivity contribution in [3.05, 3.63) is 70.6 Å². The molecule has 0 radical (unpaired) electrons. The number of ether oxygens (including phenoxy) is 2. The van der Waals surface area contributed by atoms with Crippen molar-refractivity contribution < 1.29 is 51.4 Å². The first-order chi connectivity index (χ1) is 28.8. The third-order valence-electron chi connectivity index (χ3n) is 11.3. The number of benzene rings is 2. The number of esters is 2. The molecule has 0 spiro atoms. The molecule has 3 aromatic rings. The summed E-state index contributed by atoms with van der Waals surface area (Å²) in [5.41, 5.74) is -0.990. The number of rotatable bonds is 12. The third kappa shape index (κ3) is 10.5. The zero-order valence-corrected chi connectivity index (χ0v) is 37.1. The van der Waals surface area contributed by atoms with Crippen molar-refractivity contribution in [1.82, 2.24) is 15.1 Å². The predicted molar refractivity (Wildman–Crippen MR) is 225 cm³/mol. The minimum Gasteiger partial charge on any atom is -0.438 e. The number of fused-ring (bicyclic) bond motifs is 2. The Bertz CT molecular complexity index is 2180. The minimum atomic E-state index is -4.81. The molecule has 3 aliphatic heterocycles. The first kappa shape index (κ1) is 45.8. The molecule has 3 amide bonds. The van der Waals surface area contributed by atoms with E-state index in [2.05, 4.69) is 11.4 Å². The van der Waals surface area contributed by atoms with Gasteiger partial charge in [0.05, 0.1) is 27.7 Å². The number of likely N-dealkylation sites (tertiary alicyclic amines) is 1. The molecule has 4 heterocycles. The highest BCUT2D eigenvalue weighted by Crippen LogP contribution is 2.62. The molecular weight excluding hydrogens is 827 g/mol. The van der Waals surface area contributed by atoms with E-state index in [0.29, 0.717) is 42.3 Å². The zero-order chi connectivity index (χ0) is 44.3. The van der Waals surface area contributed by atoms with E-state index in [9.17, 15) is 33.8 Å². The minimum absolute atomic E-state index is 0.128. The van der Waals surface area contributed by atoms with Crippen LogP contribution in [-0.4, -0.2) is 84.3 Å².